The maximum atomic E-state index is 2.91. The van der Waals surface area contributed by atoms with Gasteiger partial charge in [-0.25, -0.2) is 0 Å². The van der Waals surface area contributed by atoms with Gasteiger partial charge in [-0.2, -0.15) is 0 Å². The molecule has 1 heterocycles. The number of anilines is 1. The zero-order valence-corrected chi connectivity index (χ0v) is 26.2. The second kappa shape index (κ2) is 10.3. The van der Waals surface area contributed by atoms with E-state index >= 15 is 0 Å². The first-order chi connectivity index (χ1) is 14.0. The number of para-hydroxylation sites is 1. The molecule has 0 spiro atoms. The molecule has 1 aromatic carbocycles. The van der Waals surface area contributed by atoms with Crippen LogP contribution >= 0.6 is 6.89 Å². The summed E-state index contributed by atoms with van der Waals surface area (Å²) in [5.74, 6) is 1.03. The van der Waals surface area contributed by atoms with Crippen molar-refractivity contribution in [3.8, 4) is 0 Å². The van der Waals surface area contributed by atoms with Crippen molar-refractivity contribution in [2.45, 2.75) is 138 Å². The summed E-state index contributed by atoms with van der Waals surface area (Å²) < 4.78 is 0. The molecule has 1 saturated heterocycles. The number of rotatable bonds is 6. The molecule has 0 bridgehead atoms. The summed E-state index contributed by atoms with van der Waals surface area (Å²) in [5, 5.41) is 0. The Morgan fingerprint density at radius 2 is 1.09 bits per heavy atom. The van der Waals surface area contributed by atoms with Crippen LogP contribution in [-0.2, 0) is 19.5 Å². The van der Waals surface area contributed by atoms with Crippen molar-refractivity contribution >= 4 is 18.0 Å². The van der Waals surface area contributed by atoms with Gasteiger partial charge >= 0.3 is 0 Å². The number of benzene rings is 1. The molecule has 0 N–H and O–H groups in total. The van der Waals surface area contributed by atoms with Gasteiger partial charge in [0.2, 0.25) is 0 Å². The molecule has 1 aliphatic heterocycles. The fourth-order valence-corrected chi connectivity index (χ4v) is 14.1. The fraction of sp³-hybridized carbons (Fsp3) is 0.759. The van der Waals surface area contributed by atoms with Gasteiger partial charge in [-0.05, 0) is 60.2 Å². The molecule has 0 atom stereocenters. The van der Waals surface area contributed by atoms with Crippen LogP contribution in [0.3, 0.4) is 0 Å². The molecule has 0 aliphatic carbocycles. The SMILES string of the molecule is CC(C)c1cccc(C(C)C)c1N1C(=P(C(C)C)(C(C)C)C(C)C)C(C)(C)CC1(C)C.[Ru]. The molecule has 1 aromatic rings. The third kappa shape index (κ3) is 4.85. The van der Waals surface area contributed by atoms with Crippen LogP contribution in [0.4, 0.5) is 5.69 Å². The molecule has 1 fully saturated rings. The van der Waals surface area contributed by atoms with Crippen molar-refractivity contribution in [1.82, 2.24) is 0 Å². The van der Waals surface area contributed by atoms with Gasteiger partial charge < -0.3 is 4.90 Å². The Kier molecular flexibility index (Phi) is 9.63. The van der Waals surface area contributed by atoms with Gasteiger partial charge in [0.1, 0.15) is 0 Å². The minimum absolute atomic E-state index is 0. The normalized spacial score (nSPS) is 18.5. The molecule has 32 heavy (non-hydrogen) atoms. The van der Waals surface area contributed by atoms with E-state index in [9.17, 15) is 0 Å². The molecule has 0 saturated carbocycles. The van der Waals surface area contributed by atoms with Gasteiger partial charge in [0.25, 0.3) is 0 Å². The minimum atomic E-state index is -1.44. The summed E-state index contributed by atoms with van der Waals surface area (Å²) in [6, 6.07) is 7.08. The van der Waals surface area contributed by atoms with E-state index in [1.165, 1.54) is 23.2 Å². The monoisotopic (exact) mass is 547 g/mol. The summed E-state index contributed by atoms with van der Waals surface area (Å²) in [4.78, 5) is 2.91. The standard InChI is InChI=1S/C29H52NP.Ru/c1-19(2)24-16-15-17-25(20(3)4)26(24)30-27(28(11,12)18-29(30,13)14)31(21(5)6,22(7)8)23(9)10;/h15-17,19-23H,18H2,1-14H3;. The van der Waals surface area contributed by atoms with Crippen molar-refractivity contribution < 1.29 is 19.5 Å². The van der Waals surface area contributed by atoms with Crippen molar-refractivity contribution in [3.63, 3.8) is 0 Å². The molecular weight excluding hydrogens is 494 g/mol. The van der Waals surface area contributed by atoms with E-state index < -0.39 is 6.89 Å². The van der Waals surface area contributed by atoms with E-state index in [4.69, 9.17) is 0 Å². The van der Waals surface area contributed by atoms with Crippen molar-refractivity contribution in [2.24, 2.45) is 5.41 Å². The quantitative estimate of drug-likeness (QED) is 0.254. The van der Waals surface area contributed by atoms with E-state index in [0.717, 1.165) is 0 Å². The molecule has 1 nitrogen and oxygen atoms in total. The van der Waals surface area contributed by atoms with Crippen LogP contribution < -0.4 is 4.90 Å². The Morgan fingerprint density at radius 3 is 1.41 bits per heavy atom. The van der Waals surface area contributed by atoms with E-state index in [1.54, 1.807) is 5.42 Å². The van der Waals surface area contributed by atoms with Crippen LogP contribution in [0.15, 0.2) is 18.2 Å². The van der Waals surface area contributed by atoms with Crippen LogP contribution in [0.1, 0.15) is 126 Å². The van der Waals surface area contributed by atoms with E-state index in [2.05, 4.69) is 120 Å². The topological polar surface area (TPSA) is 3.24 Å². The van der Waals surface area contributed by atoms with Gasteiger partial charge in [0.05, 0.1) is 0 Å². The molecule has 0 unspecified atom stereocenters. The van der Waals surface area contributed by atoms with Crippen molar-refractivity contribution in [3.05, 3.63) is 29.3 Å². The molecule has 186 valence electrons. The Balaban J connectivity index is 0.00000512. The molecule has 0 radical (unpaired) electrons. The van der Waals surface area contributed by atoms with Gasteiger partial charge in [0, 0.05) is 41.5 Å². The summed E-state index contributed by atoms with van der Waals surface area (Å²) in [6.07, 6.45) is 1.22. The second-order valence-electron chi connectivity index (χ2n) is 12.7. The van der Waals surface area contributed by atoms with Crippen LogP contribution in [0.5, 0.6) is 0 Å². The molecule has 1 aliphatic rings. The van der Waals surface area contributed by atoms with Crippen LogP contribution in [0, 0.1) is 5.41 Å². The molecule has 0 amide bonds. The summed E-state index contributed by atoms with van der Waals surface area (Å²) in [5.41, 5.74) is 8.73. The number of nitrogens with zero attached hydrogens (tertiary/aromatic N) is 1. The maximum Gasteiger partial charge on any atom is 0.0484 e. The largest absolute Gasteiger partial charge is 0.339 e. The molecule has 0 aromatic heterocycles. The van der Waals surface area contributed by atoms with E-state index in [1.807, 2.05) is 0 Å². The maximum absolute atomic E-state index is 2.91. The van der Waals surface area contributed by atoms with Gasteiger partial charge in [-0.1, -0.05) is 108 Å². The van der Waals surface area contributed by atoms with Gasteiger partial charge in [0.15, 0.2) is 0 Å². The minimum Gasteiger partial charge on any atom is -0.339 e. The van der Waals surface area contributed by atoms with Gasteiger partial charge in [-0.15, -0.1) is 0 Å². The first kappa shape index (κ1) is 30.0. The van der Waals surface area contributed by atoms with E-state index in [-0.39, 0.29) is 30.4 Å². The van der Waals surface area contributed by atoms with Crippen molar-refractivity contribution in [1.29, 1.82) is 0 Å². The first-order valence-electron chi connectivity index (χ1n) is 12.7. The third-order valence-corrected chi connectivity index (χ3v) is 14.5. The fourth-order valence-electron chi connectivity index (χ4n) is 7.23. The second-order valence-corrected chi connectivity index (χ2v) is 17.9. The van der Waals surface area contributed by atoms with Gasteiger partial charge in [-0.3, -0.25) is 0 Å². The average molecular weight is 547 g/mol. The predicted octanol–water partition coefficient (Wildman–Crippen LogP) is 9.32. The van der Waals surface area contributed by atoms with Crippen LogP contribution in [0.25, 0.3) is 0 Å². The molecule has 2 rings (SSSR count). The third-order valence-electron chi connectivity index (χ3n) is 7.79. The zero-order valence-electron chi connectivity index (χ0n) is 23.6. The Bertz CT molecular complexity index is 788. The summed E-state index contributed by atoms with van der Waals surface area (Å²) in [7, 11) is 0. The predicted molar refractivity (Wildman–Crippen MR) is 147 cm³/mol. The van der Waals surface area contributed by atoms with Crippen molar-refractivity contribution in [2.75, 3.05) is 4.90 Å². The summed E-state index contributed by atoms with van der Waals surface area (Å²) >= 11 is 0. The average Bonchev–Trinajstić information content (AvgIpc) is 2.77. The molecular formula is C29H52NPRu. The van der Waals surface area contributed by atoms with E-state index in [0.29, 0.717) is 28.8 Å². The smallest absolute Gasteiger partial charge is 0.0484 e. The Hall–Kier alpha value is -0.0566. The van der Waals surface area contributed by atoms with Crippen LogP contribution in [0.2, 0.25) is 0 Å². The van der Waals surface area contributed by atoms with Crippen LogP contribution in [-0.4, -0.2) is 27.9 Å². The Labute approximate surface area is 214 Å². The first-order valence-corrected chi connectivity index (χ1v) is 14.7. The number of hydrogen-bond donors (Lipinski definition) is 0. The molecule has 3 heteroatoms. The summed E-state index contributed by atoms with van der Waals surface area (Å²) in [6.45, 7) is 33.2. The number of hydrogen-bond acceptors (Lipinski definition) is 0. The Morgan fingerprint density at radius 1 is 0.719 bits per heavy atom. The zero-order chi connectivity index (χ0) is 24.1.